The lowest BCUT2D eigenvalue weighted by Crippen LogP contribution is -2.19. The molecule has 0 spiro atoms. The zero-order valence-electron chi connectivity index (χ0n) is 10.4. The normalized spacial score (nSPS) is 13.9. The van der Waals surface area contributed by atoms with Crippen molar-refractivity contribution in [3.63, 3.8) is 0 Å². The van der Waals surface area contributed by atoms with Gasteiger partial charge in [0.05, 0.1) is 11.9 Å². The van der Waals surface area contributed by atoms with E-state index in [-0.39, 0.29) is 4.75 Å². The average Bonchev–Trinajstić information content (AvgIpc) is 2.26. The van der Waals surface area contributed by atoms with Crippen LogP contribution in [-0.2, 0) is 11.0 Å². The van der Waals surface area contributed by atoms with Crippen LogP contribution in [0.3, 0.4) is 0 Å². The Bertz CT molecular complexity index is 452. The third-order valence-electron chi connectivity index (χ3n) is 2.01. The third-order valence-corrected chi connectivity index (χ3v) is 4.08. The number of nitrogens with zero attached hydrogens (tertiary/aromatic N) is 1. The molecule has 0 bridgehead atoms. The minimum absolute atomic E-state index is 0.345. The molecule has 1 aromatic rings. The first kappa shape index (κ1) is 14.4. The van der Waals surface area contributed by atoms with Gasteiger partial charge >= 0.3 is 0 Å². The van der Waals surface area contributed by atoms with Crippen molar-refractivity contribution in [1.82, 2.24) is 0 Å². The van der Waals surface area contributed by atoms with Gasteiger partial charge in [-0.2, -0.15) is 4.40 Å². The fourth-order valence-corrected chi connectivity index (χ4v) is 1.89. The topological polar surface area (TPSA) is 38.7 Å². The smallest absolute Gasteiger partial charge is 0.144 e. The molecule has 0 heterocycles. The Morgan fingerprint density at radius 1 is 1.41 bits per heavy atom. The van der Waals surface area contributed by atoms with E-state index in [9.17, 15) is 4.21 Å². The summed E-state index contributed by atoms with van der Waals surface area (Å²) in [6.45, 7) is 5.67. The van der Waals surface area contributed by atoms with Crippen molar-refractivity contribution in [2.24, 2.45) is 4.40 Å². The molecule has 0 aliphatic rings. The molecule has 0 fully saturated rings. The monoisotopic (exact) mass is 317 g/mol. The van der Waals surface area contributed by atoms with E-state index < -0.39 is 11.0 Å². The van der Waals surface area contributed by atoms with E-state index in [0.29, 0.717) is 0 Å². The standard InChI is InChI=1S/C12H16BrNO2S/c1-12(2,3)17(15)14-8-9-7-10(16-4)5-6-11(9)13/h5-8H,1-4H3/t17-/m1/s1. The first-order chi connectivity index (χ1) is 7.84. The number of halogens is 1. The number of hydrogen-bond donors (Lipinski definition) is 0. The summed E-state index contributed by atoms with van der Waals surface area (Å²) in [6.07, 6.45) is 1.61. The highest BCUT2D eigenvalue weighted by molar-refractivity contribution is 9.10. The van der Waals surface area contributed by atoms with Crippen molar-refractivity contribution in [1.29, 1.82) is 0 Å². The fraction of sp³-hybridized carbons (Fsp3) is 0.417. The van der Waals surface area contributed by atoms with E-state index in [0.717, 1.165) is 15.8 Å². The van der Waals surface area contributed by atoms with Crippen LogP contribution in [0, 0.1) is 0 Å². The second-order valence-electron chi connectivity index (χ2n) is 4.48. The lowest BCUT2D eigenvalue weighted by molar-refractivity contribution is 0.414. The maximum atomic E-state index is 11.8. The van der Waals surface area contributed by atoms with E-state index >= 15 is 0 Å². The van der Waals surface area contributed by atoms with Crippen molar-refractivity contribution >= 4 is 33.1 Å². The quantitative estimate of drug-likeness (QED) is 0.802. The van der Waals surface area contributed by atoms with Crippen molar-refractivity contribution in [3.8, 4) is 5.75 Å². The maximum absolute atomic E-state index is 11.8. The van der Waals surface area contributed by atoms with Crippen LogP contribution in [0.5, 0.6) is 5.75 Å². The van der Waals surface area contributed by atoms with Crippen LogP contribution in [0.4, 0.5) is 0 Å². The molecule has 0 saturated heterocycles. The Hall–Kier alpha value is -0.680. The van der Waals surface area contributed by atoms with Gasteiger partial charge in [-0.05, 0) is 39.0 Å². The summed E-state index contributed by atoms with van der Waals surface area (Å²) < 4.78 is 21.5. The Morgan fingerprint density at radius 2 is 2.06 bits per heavy atom. The molecule has 0 radical (unpaired) electrons. The molecule has 0 saturated carbocycles. The molecule has 1 rings (SSSR count). The first-order valence-electron chi connectivity index (χ1n) is 5.14. The fourth-order valence-electron chi connectivity index (χ4n) is 1.01. The Morgan fingerprint density at radius 3 is 2.59 bits per heavy atom. The maximum Gasteiger partial charge on any atom is 0.144 e. The largest absolute Gasteiger partial charge is 0.497 e. The van der Waals surface area contributed by atoms with Crippen molar-refractivity contribution in [3.05, 3.63) is 28.2 Å². The molecule has 0 aromatic heterocycles. The van der Waals surface area contributed by atoms with Gasteiger partial charge in [-0.25, -0.2) is 4.21 Å². The van der Waals surface area contributed by atoms with E-state index in [1.165, 1.54) is 0 Å². The molecule has 94 valence electrons. The summed E-state index contributed by atoms with van der Waals surface area (Å²) in [5.74, 6) is 0.746. The minimum Gasteiger partial charge on any atom is -0.497 e. The SMILES string of the molecule is COc1ccc(Br)c(C=N[S@](=O)C(C)(C)C)c1. The third kappa shape index (κ3) is 4.24. The van der Waals surface area contributed by atoms with Gasteiger partial charge in [0.1, 0.15) is 16.7 Å². The molecule has 0 amide bonds. The van der Waals surface area contributed by atoms with E-state index in [1.54, 1.807) is 13.3 Å². The lowest BCUT2D eigenvalue weighted by Gasteiger charge is -2.12. The summed E-state index contributed by atoms with van der Waals surface area (Å²) in [5.41, 5.74) is 0.849. The van der Waals surface area contributed by atoms with Crippen LogP contribution >= 0.6 is 15.9 Å². The number of methoxy groups -OCH3 is 1. The number of benzene rings is 1. The molecule has 1 aromatic carbocycles. The second kappa shape index (κ2) is 5.78. The number of ether oxygens (including phenoxy) is 1. The van der Waals surface area contributed by atoms with Gasteiger partial charge < -0.3 is 4.74 Å². The van der Waals surface area contributed by atoms with Gasteiger partial charge in [0.15, 0.2) is 0 Å². The van der Waals surface area contributed by atoms with Crippen LogP contribution in [0.1, 0.15) is 26.3 Å². The van der Waals surface area contributed by atoms with Crippen LogP contribution in [0.25, 0.3) is 0 Å². The molecule has 0 unspecified atom stereocenters. The molecule has 5 heteroatoms. The summed E-state index contributed by atoms with van der Waals surface area (Å²) in [6, 6.07) is 5.57. The highest BCUT2D eigenvalue weighted by atomic mass is 79.9. The van der Waals surface area contributed by atoms with Crippen molar-refractivity contribution in [2.75, 3.05) is 7.11 Å². The molecule has 0 N–H and O–H groups in total. The van der Waals surface area contributed by atoms with Gasteiger partial charge in [0, 0.05) is 16.3 Å². The molecule has 0 aliphatic heterocycles. The average molecular weight is 318 g/mol. The summed E-state index contributed by atoms with van der Waals surface area (Å²) >= 11 is 3.41. The van der Waals surface area contributed by atoms with Gasteiger partial charge in [-0.3, -0.25) is 0 Å². The molecule has 1 atom stereocenters. The van der Waals surface area contributed by atoms with Gasteiger partial charge in [-0.1, -0.05) is 15.9 Å². The Balaban J connectivity index is 2.95. The van der Waals surface area contributed by atoms with Crippen molar-refractivity contribution in [2.45, 2.75) is 25.5 Å². The molecule has 17 heavy (non-hydrogen) atoms. The lowest BCUT2D eigenvalue weighted by atomic mass is 10.2. The molecular weight excluding hydrogens is 302 g/mol. The van der Waals surface area contributed by atoms with Crippen LogP contribution < -0.4 is 4.74 Å². The zero-order valence-corrected chi connectivity index (χ0v) is 12.8. The van der Waals surface area contributed by atoms with Crippen molar-refractivity contribution < 1.29 is 8.95 Å². The predicted molar refractivity (Wildman–Crippen MR) is 76.2 cm³/mol. The van der Waals surface area contributed by atoms with Crippen LogP contribution in [-0.4, -0.2) is 22.3 Å². The summed E-state index contributed by atoms with van der Waals surface area (Å²) in [5, 5.41) is 0. The van der Waals surface area contributed by atoms with Gasteiger partial charge in [-0.15, -0.1) is 0 Å². The molecule has 0 aliphatic carbocycles. The highest BCUT2D eigenvalue weighted by Crippen LogP contribution is 2.21. The van der Waals surface area contributed by atoms with E-state index in [2.05, 4.69) is 20.3 Å². The van der Waals surface area contributed by atoms with E-state index in [1.807, 2.05) is 39.0 Å². The number of rotatable bonds is 3. The van der Waals surface area contributed by atoms with Gasteiger partial charge in [0.25, 0.3) is 0 Å². The van der Waals surface area contributed by atoms with E-state index in [4.69, 9.17) is 4.74 Å². The molecular formula is C12H16BrNO2S. The highest BCUT2D eigenvalue weighted by Gasteiger charge is 2.18. The van der Waals surface area contributed by atoms with Gasteiger partial charge in [0.2, 0.25) is 0 Å². The van der Waals surface area contributed by atoms with Crippen LogP contribution in [0.15, 0.2) is 27.1 Å². The second-order valence-corrected chi connectivity index (χ2v) is 7.27. The summed E-state index contributed by atoms with van der Waals surface area (Å²) in [4.78, 5) is 0. The predicted octanol–water partition coefficient (Wildman–Crippen LogP) is 3.34. The zero-order chi connectivity index (χ0) is 13.1. The minimum atomic E-state index is -1.25. The van der Waals surface area contributed by atoms with Crippen LogP contribution in [0.2, 0.25) is 0 Å². The Labute approximate surface area is 113 Å². The Kier molecular flexibility index (Phi) is 4.89. The number of hydrogen-bond acceptors (Lipinski definition) is 2. The molecule has 3 nitrogen and oxygen atoms in total. The first-order valence-corrected chi connectivity index (χ1v) is 7.04. The summed E-state index contributed by atoms with van der Waals surface area (Å²) in [7, 11) is 0.362.